The minimum atomic E-state index is -0.839. The summed E-state index contributed by atoms with van der Waals surface area (Å²) < 4.78 is 4.64. The van der Waals surface area contributed by atoms with E-state index in [1.807, 2.05) is 17.5 Å². The molecule has 3 rings (SSSR count). The van der Waals surface area contributed by atoms with Gasteiger partial charge in [0, 0.05) is 29.8 Å². The third kappa shape index (κ3) is 7.27. The summed E-state index contributed by atoms with van der Waals surface area (Å²) in [6.07, 6.45) is 4.24. The molecule has 5 N–H and O–H groups in total. The lowest BCUT2D eigenvalue weighted by Gasteiger charge is -2.17. The van der Waals surface area contributed by atoms with Crippen LogP contribution in [0.1, 0.15) is 25.7 Å². The molecule has 3 aromatic rings. The molecule has 0 saturated carbocycles. The van der Waals surface area contributed by atoms with Gasteiger partial charge in [0.15, 0.2) is 5.13 Å². The summed E-state index contributed by atoms with van der Waals surface area (Å²) in [5, 5.41) is 10.3. The molecule has 0 spiro atoms. The number of nitrogens with one attached hydrogen (secondary N) is 3. The molecule has 0 fully saturated rings. The van der Waals surface area contributed by atoms with Gasteiger partial charge in [0.2, 0.25) is 11.8 Å². The van der Waals surface area contributed by atoms with Gasteiger partial charge in [-0.25, -0.2) is 9.78 Å². The van der Waals surface area contributed by atoms with Crippen LogP contribution < -0.4 is 21.7 Å². The fourth-order valence-electron chi connectivity index (χ4n) is 3.11. The van der Waals surface area contributed by atoms with E-state index in [0.29, 0.717) is 41.5 Å². The highest BCUT2D eigenvalue weighted by Crippen LogP contribution is 2.24. The zero-order valence-electron chi connectivity index (χ0n) is 18.6. The van der Waals surface area contributed by atoms with Crippen LogP contribution in [0.25, 0.3) is 11.3 Å². The van der Waals surface area contributed by atoms with E-state index >= 15 is 0 Å². The summed E-state index contributed by atoms with van der Waals surface area (Å²) in [7, 11) is 1.23. The Morgan fingerprint density at radius 3 is 2.59 bits per heavy atom. The number of carbonyl (C=O) groups excluding carboxylic acids is 3. The van der Waals surface area contributed by atoms with Crippen LogP contribution in [-0.4, -0.2) is 41.0 Å². The minimum absolute atomic E-state index is 0.175. The maximum Gasteiger partial charge on any atom is 0.407 e. The smallest absolute Gasteiger partial charge is 0.407 e. The zero-order chi connectivity index (χ0) is 24.3. The first-order valence-electron chi connectivity index (χ1n) is 10.6. The van der Waals surface area contributed by atoms with Crippen LogP contribution in [0.2, 0.25) is 0 Å². The Labute approximate surface area is 200 Å². The van der Waals surface area contributed by atoms with Crippen molar-refractivity contribution >= 4 is 45.8 Å². The maximum atomic E-state index is 12.8. The number of anilines is 3. The molecule has 0 bridgehead atoms. The van der Waals surface area contributed by atoms with Gasteiger partial charge >= 0.3 is 6.09 Å². The first-order chi connectivity index (χ1) is 16.5. The number of nitrogen functional groups attached to an aromatic ring is 1. The van der Waals surface area contributed by atoms with Gasteiger partial charge in [-0.05, 0) is 37.1 Å². The van der Waals surface area contributed by atoms with Crippen LogP contribution in [0.4, 0.5) is 21.3 Å². The second-order valence-corrected chi connectivity index (χ2v) is 8.19. The fraction of sp³-hybridized carbons (Fsp3) is 0.261. The fourth-order valence-corrected chi connectivity index (χ4v) is 3.83. The van der Waals surface area contributed by atoms with E-state index in [2.05, 4.69) is 30.7 Å². The molecule has 0 saturated heterocycles. The van der Waals surface area contributed by atoms with Crippen LogP contribution in [0.15, 0.2) is 54.2 Å². The first kappa shape index (κ1) is 24.6. The van der Waals surface area contributed by atoms with Gasteiger partial charge in [-0.1, -0.05) is 18.6 Å². The Balaban J connectivity index is 1.51. The van der Waals surface area contributed by atoms with Gasteiger partial charge in [-0.3, -0.25) is 14.6 Å². The van der Waals surface area contributed by atoms with E-state index in [0.717, 1.165) is 5.56 Å². The van der Waals surface area contributed by atoms with Crippen LogP contribution in [-0.2, 0) is 14.3 Å². The van der Waals surface area contributed by atoms with Crippen LogP contribution in [0.5, 0.6) is 0 Å². The molecule has 0 aliphatic carbocycles. The van der Waals surface area contributed by atoms with Gasteiger partial charge in [-0.2, -0.15) is 0 Å². The largest absolute Gasteiger partial charge is 0.453 e. The number of amides is 3. The van der Waals surface area contributed by atoms with E-state index in [4.69, 9.17) is 5.73 Å². The summed E-state index contributed by atoms with van der Waals surface area (Å²) in [5.41, 5.74) is 8.48. The SMILES string of the molecule is COC(=O)NC(CCCCC(=O)Nc1ccccc1N)C(=O)Nc1nc(-c2ccncc2)cs1. The summed E-state index contributed by atoms with van der Waals surface area (Å²) in [6, 6.07) is 9.82. The van der Waals surface area contributed by atoms with Crippen molar-refractivity contribution in [2.75, 3.05) is 23.5 Å². The highest BCUT2D eigenvalue weighted by atomic mass is 32.1. The molecular formula is C23H26N6O4S. The molecule has 2 aromatic heterocycles. The Kier molecular flexibility index (Phi) is 8.92. The standard InChI is InChI=1S/C23H26N6O4S/c1-33-23(32)28-18(8-4-5-9-20(30)26-17-7-3-2-6-16(17)24)21(31)29-22-27-19(14-34-22)15-10-12-25-13-11-15/h2-3,6-7,10-14,18H,4-5,8-9,24H2,1H3,(H,26,30)(H,28,32)(H,27,29,31). The molecule has 3 amide bonds. The number of pyridine rings is 1. The number of alkyl carbamates (subject to hydrolysis) is 1. The van der Waals surface area contributed by atoms with Gasteiger partial charge < -0.3 is 26.4 Å². The number of thiazole rings is 1. The number of unbranched alkanes of at least 4 members (excludes halogenated alkanes) is 1. The number of aromatic nitrogens is 2. The molecule has 34 heavy (non-hydrogen) atoms. The Morgan fingerprint density at radius 1 is 1.09 bits per heavy atom. The van der Waals surface area contributed by atoms with Crippen molar-refractivity contribution in [2.24, 2.45) is 0 Å². The van der Waals surface area contributed by atoms with Crippen LogP contribution >= 0.6 is 11.3 Å². The van der Waals surface area contributed by atoms with Crippen molar-refractivity contribution in [3.05, 3.63) is 54.2 Å². The number of rotatable bonds is 10. The lowest BCUT2D eigenvalue weighted by molar-refractivity contribution is -0.118. The Bertz CT molecular complexity index is 1120. The van der Waals surface area contributed by atoms with Crippen molar-refractivity contribution in [1.29, 1.82) is 0 Å². The highest BCUT2D eigenvalue weighted by molar-refractivity contribution is 7.14. The second kappa shape index (κ2) is 12.3. The van der Waals surface area contributed by atoms with E-state index in [1.54, 1.807) is 36.7 Å². The summed E-state index contributed by atoms with van der Waals surface area (Å²) in [6.45, 7) is 0. The Hall–Kier alpha value is -3.99. The molecule has 0 aliphatic heterocycles. The van der Waals surface area contributed by atoms with E-state index in [-0.39, 0.29) is 12.3 Å². The van der Waals surface area contributed by atoms with E-state index < -0.39 is 18.0 Å². The molecule has 1 aromatic carbocycles. The number of benzene rings is 1. The average molecular weight is 483 g/mol. The normalized spacial score (nSPS) is 11.3. The third-order valence-electron chi connectivity index (χ3n) is 4.89. The zero-order valence-corrected chi connectivity index (χ0v) is 19.4. The van der Waals surface area contributed by atoms with Crippen molar-refractivity contribution < 1.29 is 19.1 Å². The molecule has 1 unspecified atom stereocenters. The molecule has 11 heteroatoms. The second-order valence-electron chi connectivity index (χ2n) is 7.33. The topological polar surface area (TPSA) is 148 Å². The number of hydrogen-bond donors (Lipinski definition) is 4. The summed E-state index contributed by atoms with van der Waals surface area (Å²) >= 11 is 1.28. The summed E-state index contributed by atoms with van der Waals surface area (Å²) in [4.78, 5) is 45.1. The van der Waals surface area contributed by atoms with E-state index in [1.165, 1.54) is 18.4 Å². The monoisotopic (exact) mass is 482 g/mol. The summed E-state index contributed by atoms with van der Waals surface area (Å²) in [5.74, 6) is -0.589. The molecule has 0 radical (unpaired) electrons. The van der Waals surface area contributed by atoms with Crippen molar-refractivity contribution in [2.45, 2.75) is 31.7 Å². The molecule has 178 valence electrons. The number of nitrogens with zero attached hydrogens (tertiary/aromatic N) is 2. The number of ether oxygens (including phenoxy) is 1. The third-order valence-corrected chi connectivity index (χ3v) is 5.64. The van der Waals surface area contributed by atoms with Crippen molar-refractivity contribution in [3.8, 4) is 11.3 Å². The first-order valence-corrected chi connectivity index (χ1v) is 11.5. The van der Waals surface area contributed by atoms with Gasteiger partial charge in [0.25, 0.3) is 0 Å². The predicted octanol–water partition coefficient (Wildman–Crippen LogP) is 3.65. The Morgan fingerprint density at radius 2 is 1.85 bits per heavy atom. The number of nitrogens with two attached hydrogens (primary N) is 1. The van der Waals surface area contributed by atoms with Gasteiger partial charge in [-0.15, -0.1) is 11.3 Å². The molecule has 10 nitrogen and oxygen atoms in total. The minimum Gasteiger partial charge on any atom is -0.453 e. The number of carbonyl (C=O) groups is 3. The molecule has 0 aliphatic rings. The van der Waals surface area contributed by atoms with Crippen LogP contribution in [0.3, 0.4) is 0 Å². The molecule has 1 atom stereocenters. The lowest BCUT2D eigenvalue weighted by Crippen LogP contribution is -2.43. The predicted molar refractivity (Wildman–Crippen MR) is 131 cm³/mol. The quantitative estimate of drug-likeness (QED) is 0.255. The van der Waals surface area contributed by atoms with E-state index in [9.17, 15) is 14.4 Å². The van der Waals surface area contributed by atoms with Crippen LogP contribution in [0, 0.1) is 0 Å². The average Bonchev–Trinajstić information content (AvgIpc) is 3.31. The van der Waals surface area contributed by atoms with Crippen molar-refractivity contribution in [3.63, 3.8) is 0 Å². The number of para-hydroxylation sites is 2. The lowest BCUT2D eigenvalue weighted by atomic mass is 10.1. The maximum absolute atomic E-state index is 12.8. The number of hydrogen-bond acceptors (Lipinski definition) is 8. The number of methoxy groups -OCH3 is 1. The van der Waals surface area contributed by atoms with Gasteiger partial charge in [0.1, 0.15) is 6.04 Å². The highest BCUT2D eigenvalue weighted by Gasteiger charge is 2.22. The molecule has 2 heterocycles. The molecular weight excluding hydrogens is 456 g/mol. The van der Waals surface area contributed by atoms with Crippen molar-refractivity contribution in [1.82, 2.24) is 15.3 Å². The van der Waals surface area contributed by atoms with Gasteiger partial charge in [0.05, 0.1) is 24.2 Å².